The van der Waals surface area contributed by atoms with Gasteiger partial charge in [0.1, 0.15) is 0 Å². The first-order valence-corrected chi connectivity index (χ1v) is 7.61. The molecule has 1 aromatic carbocycles. The van der Waals surface area contributed by atoms with Gasteiger partial charge in [-0.2, -0.15) is 13.2 Å². The molecule has 5 heteroatoms. The van der Waals surface area contributed by atoms with E-state index in [0.717, 1.165) is 18.9 Å². The largest absolute Gasteiger partial charge is 0.418 e. The number of anilines is 1. The van der Waals surface area contributed by atoms with E-state index in [2.05, 4.69) is 33.0 Å². The number of halogens is 4. The molecule has 0 unspecified atom stereocenters. The Hall–Kier alpha value is -0.900. The zero-order chi connectivity index (χ0) is 16.2. The molecule has 0 aliphatic heterocycles. The number of benzene rings is 1. The summed E-state index contributed by atoms with van der Waals surface area (Å²) in [7, 11) is 0. The van der Waals surface area contributed by atoms with E-state index in [1.54, 1.807) is 0 Å². The molecule has 0 saturated heterocycles. The highest BCUT2D eigenvalue weighted by Gasteiger charge is 2.34. The highest BCUT2D eigenvalue weighted by molar-refractivity contribution is 6.33. The van der Waals surface area contributed by atoms with E-state index in [0.29, 0.717) is 11.8 Å². The van der Waals surface area contributed by atoms with Crippen LogP contribution < -0.4 is 5.32 Å². The van der Waals surface area contributed by atoms with E-state index >= 15 is 0 Å². The van der Waals surface area contributed by atoms with Crippen molar-refractivity contribution in [2.75, 3.05) is 5.32 Å². The zero-order valence-electron chi connectivity index (χ0n) is 12.9. The molecule has 120 valence electrons. The van der Waals surface area contributed by atoms with Gasteiger partial charge in [0.2, 0.25) is 0 Å². The van der Waals surface area contributed by atoms with Crippen LogP contribution in [0.15, 0.2) is 18.2 Å². The molecule has 0 spiro atoms. The lowest BCUT2D eigenvalue weighted by Crippen LogP contribution is -2.25. The molecule has 0 bridgehead atoms. The second-order valence-corrected chi connectivity index (χ2v) is 6.67. The normalized spacial score (nSPS) is 12.5. The van der Waals surface area contributed by atoms with Gasteiger partial charge >= 0.3 is 6.18 Å². The van der Waals surface area contributed by atoms with Crippen LogP contribution in [0, 0.1) is 11.8 Å². The van der Waals surface area contributed by atoms with Gasteiger partial charge in [0, 0.05) is 6.04 Å². The van der Waals surface area contributed by atoms with Gasteiger partial charge < -0.3 is 5.32 Å². The van der Waals surface area contributed by atoms with Crippen LogP contribution in [0.2, 0.25) is 5.02 Å². The fourth-order valence-electron chi connectivity index (χ4n) is 2.46. The Balaban J connectivity index is 3.07. The summed E-state index contributed by atoms with van der Waals surface area (Å²) in [6, 6.07) is 3.86. The maximum Gasteiger partial charge on any atom is 0.418 e. The molecule has 1 rings (SSSR count). The first-order valence-electron chi connectivity index (χ1n) is 7.23. The topological polar surface area (TPSA) is 12.0 Å². The Morgan fingerprint density at radius 3 is 2.00 bits per heavy atom. The summed E-state index contributed by atoms with van der Waals surface area (Å²) in [6.45, 7) is 8.25. The average molecular weight is 322 g/mol. The smallest absolute Gasteiger partial charge is 0.381 e. The number of rotatable bonds is 6. The van der Waals surface area contributed by atoms with E-state index in [1.165, 1.54) is 12.1 Å². The summed E-state index contributed by atoms with van der Waals surface area (Å²) in [5.74, 6) is 0.802. The molecule has 0 heterocycles. The molecule has 0 atom stereocenters. The lowest BCUT2D eigenvalue weighted by atomic mass is 9.95. The number of alkyl halides is 3. The van der Waals surface area contributed by atoms with Crippen molar-refractivity contribution in [2.24, 2.45) is 11.8 Å². The van der Waals surface area contributed by atoms with E-state index in [4.69, 9.17) is 11.6 Å². The molecule has 0 aromatic heterocycles. The maximum absolute atomic E-state index is 13.1. The molecule has 1 nitrogen and oxygen atoms in total. The molecule has 0 fully saturated rings. The van der Waals surface area contributed by atoms with E-state index < -0.39 is 11.7 Å². The predicted octanol–water partition coefficient (Wildman–Crippen LogP) is 6.23. The summed E-state index contributed by atoms with van der Waals surface area (Å²) >= 11 is 5.99. The minimum atomic E-state index is -4.41. The molecule has 0 aliphatic rings. The van der Waals surface area contributed by atoms with Crippen LogP contribution in [0.3, 0.4) is 0 Å². The Morgan fingerprint density at radius 1 is 1.05 bits per heavy atom. The molecular formula is C16H23ClF3N. The first kappa shape index (κ1) is 18.1. The molecule has 1 aromatic rings. The quantitative estimate of drug-likeness (QED) is 0.654. The highest BCUT2D eigenvalue weighted by Crippen LogP contribution is 2.39. The van der Waals surface area contributed by atoms with E-state index in [9.17, 15) is 13.2 Å². The summed E-state index contributed by atoms with van der Waals surface area (Å²) < 4.78 is 39.3. The van der Waals surface area contributed by atoms with Crippen LogP contribution in [0.25, 0.3) is 0 Å². The molecule has 0 saturated carbocycles. The SMILES string of the molecule is CC(C)CC(CC(C)C)Nc1c(Cl)cccc1C(F)(F)F. The lowest BCUT2D eigenvalue weighted by Gasteiger charge is -2.26. The number of hydrogen-bond donors (Lipinski definition) is 1. The fourth-order valence-corrected chi connectivity index (χ4v) is 2.69. The van der Waals surface area contributed by atoms with Crippen molar-refractivity contribution in [1.82, 2.24) is 0 Å². The van der Waals surface area contributed by atoms with Gasteiger partial charge in [0.15, 0.2) is 0 Å². The van der Waals surface area contributed by atoms with E-state index in [1.807, 2.05) is 0 Å². The summed E-state index contributed by atoms with van der Waals surface area (Å²) in [6.07, 6.45) is -2.80. The summed E-state index contributed by atoms with van der Waals surface area (Å²) in [4.78, 5) is 0. The molecule has 0 radical (unpaired) electrons. The van der Waals surface area contributed by atoms with Crippen molar-refractivity contribution in [3.05, 3.63) is 28.8 Å². The second kappa shape index (κ2) is 7.39. The Morgan fingerprint density at radius 2 is 1.57 bits per heavy atom. The van der Waals surface area contributed by atoms with Gasteiger partial charge in [-0.25, -0.2) is 0 Å². The third kappa shape index (κ3) is 5.77. The minimum Gasteiger partial charge on any atom is -0.381 e. The minimum absolute atomic E-state index is 0.00188. The van der Waals surface area contributed by atoms with Gasteiger partial charge in [-0.15, -0.1) is 0 Å². The van der Waals surface area contributed by atoms with Crippen molar-refractivity contribution in [3.8, 4) is 0 Å². The van der Waals surface area contributed by atoms with Crippen molar-refractivity contribution in [3.63, 3.8) is 0 Å². The summed E-state index contributed by atoms with van der Waals surface area (Å²) in [5.41, 5.74) is -0.703. The Labute approximate surface area is 129 Å². The van der Waals surface area contributed by atoms with Crippen LogP contribution in [0.5, 0.6) is 0 Å². The highest BCUT2D eigenvalue weighted by atomic mass is 35.5. The predicted molar refractivity (Wildman–Crippen MR) is 82.8 cm³/mol. The Bertz CT molecular complexity index is 445. The van der Waals surface area contributed by atoms with Gasteiger partial charge in [-0.05, 0) is 36.8 Å². The van der Waals surface area contributed by atoms with Crippen LogP contribution >= 0.6 is 11.6 Å². The van der Waals surface area contributed by atoms with Crippen molar-refractivity contribution >= 4 is 17.3 Å². The standard InChI is InChI=1S/C16H23ClF3N/c1-10(2)8-12(9-11(3)4)21-15-13(16(18,19)20)6-5-7-14(15)17/h5-7,10-12,21H,8-9H2,1-4H3. The van der Waals surface area contributed by atoms with Crippen LogP contribution in [0.4, 0.5) is 18.9 Å². The fraction of sp³-hybridized carbons (Fsp3) is 0.625. The number of hydrogen-bond acceptors (Lipinski definition) is 1. The van der Waals surface area contributed by atoms with Gasteiger partial charge in [0.25, 0.3) is 0 Å². The molecular weight excluding hydrogens is 299 g/mol. The third-order valence-corrected chi connectivity index (χ3v) is 3.49. The summed E-state index contributed by atoms with van der Waals surface area (Å²) in [5, 5.41) is 3.15. The molecule has 0 amide bonds. The number of para-hydroxylation sites is 1. The van der Waals surface area contributed by atoms with Crippen molar-refractivity contribution < 1.29 is 13.2 Å². The maximum atomic E-state index is 13.1. The van der Waals surface area contributed by atoms with Crippen molar-refractivity contribution in [2.45, 2.75) is 52.8 Å². The van der Waals surface area contributed by atoms with E-state index in [-0.39, 0.29) is 16.8 Å². The molecule has 21 heavy (non-hydrogen) atoms. The van der Waals surface area contributed by atoms with Crippen LogP contribution in [-0.2, 0) is 6.18 Å². The van der Waals surface area contributed by atoms with Gasteiger partial charge in [-0.3, -0.25) is 0 Å². The van der Waals surface area contributed by atoms with Gasteiger partial charge in [0.05, 0.1) is 16.3 Å². The Kier molecular flexibility index (Phi) is 6.39. The first-order chi connectivity index (χ1) is 9.61. The lowest BCUT2D eigenvalue weighted by molar-refractivity contribution is -0.137. The monoisotopic (exact) mass is 321 g/mol. The van der Waals surface area contributed by atoms with Gasteiger partial charge in [-0.1, -0.05) is 45.4 Å². The second-order valence-electron chi connectivity index (χ2n) is 6.26. The average Bonchev–Trinajstić information content (AvgIpc) is 2.28. The third-order valence-electron chi connectivity index (χ3n) is 3.18. The van der Waals surface area contributed by atoms with Crippen molar-refractivity contribution in [1.29, 1.82) is 0 Å². The van der Waals surface area contributed by atoms with Crippen LogP contribution in [-0.4, -0.2) is 6.04 Å². The van der Waals surface area contributed by atoms with Crippen LogP contribution in [0.1, 0.15) is 46.1 Å². The molecule has 1 N–H and O–H groups in total. The number of nitrogens with one attached hydrogen (secondary N) is 1. The molecule has 0 aliphatic carbocycles. The zero-order valence-corrected chi connectivity index (χ0v) is 13.6.